The molecule has 0 fully saturated rings. The molecule has 4 nitrogen and oxygen atoms in total. The van der Waals surface area contributed by atoms with Crippen LogP contribution in [0.4, 0.5) is 10.5 Å². The summed E-state index contributed by atoms with van der Waals surface area (Å²) in [6.07, 6.45) is 0. The van der Waals surface area contributed by atoms with Crippen LogP contribution in [0, 0.1) is 13.8 Å². The number of carbonyl (C=O) groups excluding carboxylic acids is 1. The molecule has 1 aliphatic heterocycles. The van der Waals surface area contributed by atoms with Gasteiger partial charge in [-0.1, -0.05) is 24.8 Å². The molecule has 0 bridgehead atoms. The first-order chi connectivity index (χ1) is 9.51. The fraction of sp³-hybridized carbons (Fsp3) is 0.467. The first-order valence-corrected chi connectivity index (χ1v) is 7.76. The Kier molecular flexibility index (Phi) is 4.70. The van der Waals surface area contributed by atoms with Crippen molar-refractivity contribution in [2.24, 2.45) is 4.99 Å². The average Bonchev–Trinajstić information content (AvgIpc) is 2.80. The van der Waals surface area contributed by atoms with E-state index < -0.39 is 0 Å². The summed E-state index contributed by atoms with van der Waals surface area (Å²) in [5.74, 6) is 0. The molecule has 0 saturated heterocycles. The number of benzene rings is 1. The van der Waals surface area contributed by atoms with E-state index in [-0.39, 0.29) is 6.03 Å². The first-order valence-electron chi connectivity index (χ1n) is 6.88. The van der Waals surface area contributed by atoms with Crippen LogP contribution in [0.3, 0.4) is 0 Å². The molecule has 1 heterocycles. The van der Waals surface area contributed by atoms with Gasteiger partial charge in [-0.3, -0.25) is 15.2 Å². The summed E-state index contributed by atoms with van der Waals surface area (Å²) in [7, 11) is 0. The number of thioether (sulfide) groups is 1. The van der Waals surface area contributed by atoms with Crippen LogP contribution in [0.25, 0.3) is 0 Å². The third-order valence-corrected chi connectivity index (χ3v) is 4.39. The maximum Gasteiger partial charge on any atom is 0.327 e. The molecule has 2 amide bonds. The van der Waals surface area contributed by atoms with E-state index in [1.807, 2.05) is 25.1 Å². The van der Waals surface area contributed by atoms with E-state index in [1.165, 1.54) is 11.1 Å². The van der Waals surface area contributed by atoms with Gasteiger partial charge in [0.05, 0.1) is 6.54 Å². The highest BCUT2D eigenvalue weighted by molar-refractivity contribution is 8.14. The number of anilines is 1. The van der Waals surface area contributed by atoms with Gasteiger partial charge in [0, 0.05) is 17.5 Å². The van der Waals surface area contributed by atoms with Crippen molar-refractivity contribution in [3.8, 4) is 0 Å². The Morgan fingerprint density at radius 1 is 1.45 bits per heavy atom. The monoisotopic (exact) mass is 291 g/mol. The maximum atomic E-state index is 12.4. The highest BCUT2D eigenvalue weighted by atomic mass is 32.2. The van der Waals surface area contributed by atoms with Crippen LogP contribution in [-0.2, 0) is 0 Å². The minimum Gasteiger partial charge on any atom is -0.294 e. The third kappa shape index (κ3) is 3.33. The van der Waals surface area contributed by atoms with Gasteiger partial charge in [-0.2, -0.15) is 0 Å². The van der Waals surface area contributed by atoms with Gasteiger partial charge in [0.25, 0.3) is 0 Å². The molecule has 1 atom stereocenters. The van der Waals surface area contributed by atoms with Crippen LogP contribution in [0.2, 0.25) is 0 Å². The number of aryl methyl sites for hydroxylation is 2. The normalized spacial score (nSPS) is 17.8. The second-order valence-corrected chi connectivity index (χ2v) is 6.44. The summed E-state index contributed by atoms with van der Waals surface area (Å²) in [5.41, 5.74) is 3.34. The predicted octanol–water partition coefficient (Wildman–Crippen LogP) is 3.33. The number of carbonyl (C=O) groups is 1. The molecule has 1 aromatic carbocycles. The lowest BCUT2D eigenvalue weighted by Crippen LogP contribution is -2.41. The van der Waals surface area contributed by atoms with Crippen LogP contribution in [0.5, 0.6) is 0 Å². The van der Waals surface area contributed by atoms with E-state index in [1.54, 1.807) is 16.7 Å². The van der Waals surface area contributed by atoms with E-state index in [2.05, 4.69) is 31.1 Å². The van der Waals surface area contributed by atoms with Gasteiger partial charge in [-0.15, -0.1) is 0 Å². The summed E-state index contributed by atoms with van der Waals surface area (Å²) < 4.78 is 0. The van der Waals surface area contributed by atoms with Gasteiger partial charge < -0.3 is 0 Å². The van der Waals surface area contributed by atoms with Gasteiger partial charge in [-0.25, -0.2) is 4.79 Å². The smallest absolute Gasteiger partial charge is 0.294 e. The number of rotatable bonds is 2. The number of amides is 2. The number of nitrogens with zero attached hydrogens (tertiary/aromatic N) is 2. The van der Waals surface area contributed by atoms with Crippen molar-refractivity contribution in [3.05, 3.63) is 29.3 Å². The minimum atomic E-state index is -0.115. The zero-order chi connectivity index (χ0) is 14.7. The summed E-state index contributed by atoms with van der Waals surface area (Å²) in [4.78, 5) is 18.4. The van der Waals surface area contributed by atoms with Crippen LogP contribution in [-0.4, -0.2) is 29.5 Å². The van der Waals surface area contributed by atoms with Gasteiger partial charge >= 0.3 is 6.03 Å². The van der Waals surface area contributed by atoms with Crippen LogP contribution in [0.1, 0.15) is 25.0 Å². The van der Waals surface area contributed by atoms with Crippen molar-refractivity contribution < 1.29 is 4.79 Å². The lowest BCUT2D eigenvalue weighted by atomic mass is 10.1. The Labute approximate surface area is 124 Å². The standard InChI is InChI=1S/C15H21N3OS/c1-5-18(13-7-6-10(2)11(3)8-13)15(19)17-14-16-9-12(4)20-14/h6-8,12H,5,9H2,1-4H3,(H,16,17,19)/t12-/m0/s1. The van der Waals surface area contributed by atoms with Crippen molar-refractivity contribution in [1.29, 1.82) is 0 Å². The highest BCUT2D eigenvalue weighted by Crippen LogP contribution is 2.21. The summed E-state index contributed by atoms with van der Waals surface area (Å²) >= 11 is 1.61. The molecular formula is C15H21N3OS. The average molecular weight is 291 g/mol. The van der Waals surface area contributed by atoms with Crippen molar-refractivity contribution in [3.63, 3.8) is 0 Å². The van der Waals surface area contributed by atoms with Crippen molar-refractivity contribution in [2.75, 3.05) is 18.0 Å². The van der Waals surface area contributed by atoms with E-state index in [0.717, 1.165) is 17.4 Å². The molecule has 0 aromatic heterocycles. The number of amidine groups is 1. The number of hydrogen-bond acceptors (Lipinski definition) is 3. The van der Waals surface area contributed by atoms with Gasteiger partial charge in [0.2, 0.25) is 0 Å². The lowest BCUT2D eigenvalue weighted by Gasteiger charge is -2.22. The Balaban J connectivity index is 2.11. The van der Waals surface area contributed by atoms with Crippen LogP contribution >= 0.6 is 11.8 Å². The van der Waals surface area contributed by atoms with E-state index >= 15 is 0 Å². The second kappa shape index (κ2) is 6.31. The summed E-state index contributed by atoms with van der Waals surface area (Å²) in [6, 6.07) is 5.96. The molecular weight excluding hydrogens is 270 g/mol. The van der Waals surface area contributed by atoms with Crippen molar-refractivity contribution >= 4 is 28.6 Å². The molecule has 0 spiro atoms. The number of nitrogens with one attached hydrogen (secondary N) is 1. The predicted molar refractivity (Wildman–Crippen MR) is 86.8 cm³/mol. The van der Waals surface area contributed by atoms with E-state index in [4.69, 9.17) is 0 Å². The SMILES string of the molecule is CCN(C(=O)NC1=NC[C@H](C)S1)c1ccc(C)c(C)c1. The van der Waals surface area contributed by atoms with E-state index in [0.29, 0.717) is 11.8 Å². The lowest BCUT2D eigenvalue weighted by molar-refractivity contribution is 0.251. The molecule has 0 saturated carbocycles. The topological polar surface area (TPSA) is 44.7 Å². The zero-order valence-corrected chi connectivity index (χ0v) is 13.3. The Hall–Kier alpha value is -1.49. The fourth-order valence-corrected chi connectivity index (χ4v) is 2.87. The molecule has 1 N–H and O–H groups in total. The number of aliphatic imine (C=N–C) groups is 1. The molecule has 20 heavy (non-hydrogen) atoms. The molecule has 2 rings (SSSR count). The molecule has 1 aromatic rings. The van der Waals surface area contributed by atoms with Crippen LogP contribution in [0.15, 0.2) is 23.2 Å². The molecule has 0 unspecified atom stereocenters. The van der Waals surface area contributed by atoms with Gasteiger partial charge in [-0.05, 0) is 44.0 Å². The molecule has 108 valence electrons. The van der Waals surface area contributed by atoms with Crippen molar-refractivity contribution in [2.45, 2.75) is 32.9 Å². The molecule has 5 heteroatoms. The highest BCUT2D eigenvalue weighted by Gasteiger charge is 2.20. The van der Waals surface area contributed by atoms with Gasteiger partial charge in [0.1, 0.15) is 0 Å². The summed E-state index contributed by atoms with van der Waals surface area (Å²) in [6.45, 7) is 9.61. The fourth-order valence-electron chi connectivity index (χ4n) is 2.04. The molecule has 0 radical (unpaired) electrons. The quantitative estimate of drug-likeness (QED) is 0.908. The third-order valence-electron chi connectivity index (χ3n) is 3.38. The largest absolute Gasteiger partial charge is 0.327 e. The first kappa shape index (κ1) is 14.9. The Morgan fingerprint density at radius 2 is 2.20 bits per heavy atom. The zero-order valence-electron chi connectivity index (χ0n) is 12.4. The second-order valence-electron chi connectivity index (χ2n) is 5.02. The van der Waals surface area contributed by atoms with Crippen LogP contribution < -0.4 is 10.2 Å². The Morgan fingerprint density at radius 3 is 2.75 bits per heavy atom. The number of urea groups is 1. The van der Waals surface area contributed by atoms with Crippen molar-refractivity contribution in [1.82, 2.24) is 5.32 Å². The number of hydrogen-bond donors (Lipinski definition) is 1. The molecule has 1 aliphatic rings. The maximum absolute atomic E-state index is 12.4. The summed E-state index contributed by atoms with van der Waals surface area (Å²) in [5, 5.41) is 4.07. The minimum absolute atomic E-state index is 0.115. The Bertz CT molecular complexity index is 542. The van der Waals surface area contributed by atoms with E-state index in [9.17, 15) is 4.79 Å². The molecule has 0 aliphatic carbocycles. The van der Waals surface area contributed by atoms with Gasteiger partial charge in [0.15, 0.2) is 5.17 Å².